The van der Waals surface area contributed by atoms with Crippen molar-refractivity contribution >= 4 is 17.4 Å². The normalized spacial score (nSPS) is 16.4. The Morgan fingerprint density at radius 1 is 0.906 bits per heavy atom. The van der Waals surface area contributed by atoms with Crippen molar-refractivity contribution in [1.82, 2.24) is 9.80 Å². The van der Waals surface area contributed by atoms with Crippen molar-refractivity contribution in [3.63, 3.8) is 0 Å². The van der Waals surface area contributed by atoms with E-state index in [0.717, 1.165) is 24.0 Å². The number of nitro benzene ring substituents is 1. The molecule has 0 bridgehead atoms. The average Bonchev–Trinajstić information content (AvgIpc) is 2.82. The second-order valence-corrected chi connectivity index (χ2v) is 8.70. The molecule has 0 atom stereocenters. The predicted octanol–water partition coefficient (Wildman–Crippen LogP) is 3.78. The summed E-state index contributed by atoms with van der Waals surface area (Å²) in [5.74, 6) is 0.0577. The lowest BCUT2D eigenvalue weighted by Crippen LogP contribution is -2.48. The Labute approximate surface area is 188 Å². The quantitative estimate of drug-likeness (QED) is 0.375. The number of fused-ring (bicyclic) bond motifs is 1. The van der Waals surface area contributed by atoms with Crippen LogP contribution in [0.4, 0.5) is 5.69 Å². The number of benzene rings is 2. The number of nitro groups is 1. The van der Waals surface area contributed by atoms with E-state index >= 15 is 0 Å². The molecule has 2 aromatic carbocycles. The molecule has 1 aliphatic carbocycles. The Hall–Kier alpha value is -3.06. The maximum Gasteiger partial charge on any atom is 0.269 e. The summed E-state index contributed by atoms with van der Waals surface area (Å²) in [4.78, 5) is 39.8. The summed E-state index contributed by atoms with van der Waals surface area (Å²) < 4.78 is 0. The first-order valence-electron chi connectivity index (χ1n) is 11.4. The van der Waals surface area contributed by atoms with E-state index < -0.39 is 0 Å². The monoisotopic (exact) mass is 435 g/mol. The zero-order valence-electron chi connectivity index (χ0n) is 18.3. The third-order valence-electron chi connectivity index (χ3n) is 6.49. The SMILES string of the molecule is O=C(CCC(=O)N1CCN(Cc2cccc([N+](=O)[O-])c2)CC1)c1ccc2c(c1)CCCC2. The van der Waals surface area contributed by atoms with Crippen LogP contribution in [0.1, 0.15) is 52.7 Å². The molecule has 168 valence electrons. The van der Waals surface area contributed by atoms with Gasteiger partial charge in [0.2, 0.25) is 5.91 Å². The largest absolute Gasteiger partial charge is 0.340 e. The summed E-state index contributed by atoms with van der Waals surface area (Å²) in [5.41, 5.74) is 4.36. The minimum absolute atomic E-state index is 0.0197. The molecule has 0 saturated carbocycles. The van der Waals surface area contributed by atoms with E-state index in [-0.39, 0.29) is 35.1 Å². The van der Waals surface area contributed by atoms with Crippen LogP contribution >= 0.6 is 0 Å². The number of nitrogens with zero attached hydrogens (tertiary/aromatic N) is 3. The molecule has 0 unspecified atom stereocenters. The van der Waals surface area contributed by atoms with E-state index in [0.29, 0.717) is 32.7 Å². The van der Waals surface area contributed by atoms with Crippen molar-refractivity contribution < 1.29 is 14.5 Å². The Morgan fingerprint density at radius 3 is 2.41 bits per heavy atom. The lowest BCUT2D eigenvalue weighted by molar-refractivity contribution is -0.384. The van der Waals surface area contributed by atoms with Gasteiger partial charge in [-0.15, -0.1) is 0 Å². The molecule has 0 N–H and O–H groups in total. The third kappa shape index (κ3) is 5.40. The second-order valence-electron chi connectivity index (χ2n) is 8.70. The van der Waals surface area contributed by atoms with Gasteiger partial charge >= 0.3 is 0 Å². The molecule has 7 heteroatoms. The van der Waals surface area contributed by atoms with Gasteiger partial charge in [-0.1, -0.05) is 24.3 Å². The molecular weight excluding hydrogens is 406 g/mol. The van der Waals surface area contributed by atoms with Crippen molar-refractivity contribution in [2.24, 2.45) is 0 Å². The van der Waals surface area contributed by atoms with Gasteiger partial charge in [0, 0.05) is 63.3 Å². The maximum absolute atomic E-state index is 12.6. The first-order valence-corrected chi connectivity index (χ1v) is 11.4. The molecule has 1 fully saturated rings. The van der Waals surface area contributed by atoms with Crippen LogP contribution in [0.25, 0.3) is 0 Å². The summed E-state index contributed by atoms with van der Waals surface area (Å²) in [5, 5.41) is 11.0. The second kappa shape index (κ2) is 10.0. The number of aryl methyl sites for hydroxylation is 2. The number of Topliss-reactive ketones (excluding diaryl/α,β-unsaturated/α-hetero) is 1. The number of non-ortho nitro benzene ring substituents is 1. The molecule has 1 aliphatic heterocycles. The minimum Gasteiger partial charge on any atom is -0.340 e. The number of carbonyl (C=O) groups excluding carboxylic acids is 2. The summed E-state index contributed by atoms with van der Waals surface area (Å²) in [6, 6.07) is 12.7. The molecule has 2 aromatic rings. The van der Waals surface area contributed by atoms with Crippen LogP contribution in [-0.2, 0) is 24.2 Å². The van der Waals surface area contributed by atoms with E-state index in [1.807, 2.05) is 23.1 Å². The van der Waals surface area contributed by atoms with Crippen LogP contribution in [0.5, 0.6) is 0 Å². The number of hydrogen-bond acceptors (Lipinski definition) is 5. The molecular formula is C25H29N3O4. The molecule has 1 amide bonds. The topological polar surface area (TPSA) is 83.8 Å². The van der Waals surface area contributed by atoms with Gasteiger partial charge in [-0.3, -0.25) is 24.6 Å². The molecule has 0 spiro atoms. The summed E-state index contributed by atoms with van der Waals surface area (Å²) in [7, 11) is 0. The van der Waals surface area contributed by atoms with Gasteiger partial charge in [0.1, 0.15) is 0 Å². The summed E-state index contributed by atoms with van der Waals surface area (Å²) in [6.45, 7) is 3.28. The molecule has 32 heavy (non-hydrogen) atoms. The molecule has 0 aromatic heterocycles. The van der Waals surface area contributed by atoms with Crippen molar-refractivity contribution in [2.75, 3.05) is 26.2 Å². The third-order valence-corrected chi connectivity index (χ3v) is 6.49. The zero-order chi connectivity index (χ0) is 22.5. The number of ketones is 1. The highest BCUT2D eigenvalue weighted by molar-refractivity contribution is 5.98. The standard InChI is InChI=1S/C25H29N3O4/c29-24(22-9-8-20-5-1-2-6-21(20)17-22)10-11-25(30)27-14-12-26(13-15-27)18-19-4-3-7-23(16-19)28(31)32/h3-4,7-9,16-17H,1-2,5-6,10-15,18H2. The molecule has 4 rings (SSSR count). The van der Waals surface area contributed by atoms with Crippen molar-refractivity contribution in [3.05, 3.63) is 74.8 Å². The molecule has 1 heterocycles. The van der Waals surface area contributed by atoms with E-state index in [2.05, 4.69) is 11.0 Å². The van der Waals surface area contributed by atoms with Crippen LogP contribution in [0.15, 0.2) is 42.5 Å². The van der Waals surface area contributed by atoms with Gasteiger partial charge < -0.3 is 4.90 Å². The zero-order valence-corrected chi connectivity index (χ0v) is 18.3. The minimum atomic E-state index is -0.383. The van der Waals surface area contributed by atoms with Crippen LogP contribution in [-0.4, -0.2) is 52.6 Å². The highest BCUT2D eigenvalue weighted by atomic mass is 16.6. The highest BCUT2D eigenvalue weighted by Gasteiger charge is 2.22. The van der Waals surface area contributed by atoms with Crippen molar-refractivity contribution in [3.8, 4) is 0 Å². The molecule has 1 saturated heterocycles. The fraction of sp³-hybridized carbons (Fsp3) is 0.440. The Morgan fingerprint density at radius 2 is 1.66 bits per heavy atom. The van der Waals surface area contributed by atoms with E-state index in [1.54, 1.807) is 12.1 Å². The fourth-order valence-electron chi connectivity index (χ4n) is 4.61. The van der Waals surface area contributed by atoms with Crippen molar-refractivity contribution in [2.45, 2.75) is 45.1 Å². The average molecular weight is 436 g/mol. The first-order chi connectivity index (χ1) is 15.5. The fourth-order valence-corrected chi connectivity index (χ4v) is 4.61. The van der Waals surface area contributed by atoms with Crippen LogP contribution in [0.3, 0.4) is 0 Å². The smallest absolute Gasteiger partial charge is 0.269 e. The maximum atomic E-state index is 12.6. The molecule has 2 aliphatic rings. The van der Waals surface area contributed by atoms with E-state index in [1.165, 1.54) is 30.0 Å². The molecule has 7 nitrogen and oxygen atoms in total. The Kier molecular flexibility index (Phi) is 6.95. The van der Waals surface area contributed by atoms with Gasteiger partial charge in [-0.2, -0.15) is 0 Å². The Bertz CT molecular complexity index is 1010. The number of piperazine rings is 1. The summed E-state index contributed by atoms with van der Waals surface area (Å²) >= 11 is 0. The lowest BCUT2D eigenvalue weighted by atomic mass is 9.89. The number of carbonyl (C=O) groups is 2. The Balaban J connectivity index is 1.24. The van der Waals surface area contributed by atoms with Gasteiger partial charge in [-0.05, 0) is 48.4 Å². The van der Waals surface area contributed by atoms with Crippen LogP contribution in [0, 0.1) is 10.1 Å². The van der Waals surface area contributed by atoms with Crippen LogP contribution < -0.4 is 0 Å². The number of rotatable bonds is 7. The van der Waals surface area contributed by atoms with Gasteiger partial charge in [0.05, 0.1) is 4.92 Å². The van der Waals surface area contributed by atoms with Crippen molar-refractivity contribution in [1.29, 1.82) is 0 Å². The summed E-state index contributed by atoms with van der Waals surface area (Å²) in [6.07, 6.45) is 5.00. The predicted molar refractivity (Wildman–Crippen MR) is 122 cm³/mol. The van der Waals surface area contributed by atoms with E-state index in [4.69, 9.17) is 0 Å². The van der Waals surface area contributed by atoms with E-state index in [9.17, 15) is 19.7 Å². The number of amides is 1. The number of hydrogen-bond donors (Lipinski definition) is 0. The molecule has 0 radical (unpaired) electrons. The lowest BCUT2D eigenvalue weighted by Gasteiger charge is -2.34. The van der Waals surface area contributed by atoms with Gasteiger partial charge in [0.25, 0.3) is 5.69 Å². The van der Waals surface area contributed by atoms with Crippen LogP contribution in [0.2, 0.25) is 0 Å². The van der Waals surface area contributed by atoms with Gasteiger partial charge in [0.15, 0.2) is 5.78 Å². The highest BCUT2D eigenvalue weighted by Crippen LogP contribution is 2.23. The van der Waals surface area contributed by atoms with Gasteiger partial charge in [-0.25, -0.2) is 0 Å². The first kappa shape index (κ1) is 22.1.